The summed E-state index contributed by atoms with van der Waals surface area (Å²) in [6.45, 7) is 7.84. The van der Waals surface area contributed by atoms with Crippen LogP contribution in [0.15, 0.2) is 0 Å². The molecule has 0 aromatic heterocycles. The Morgan fingerprint density at radius 3 is 2.36 bits per heavy atom. The predicted octanol–water partition coefficient (Wildman–Crippen LogP) is 0.795. The maximum atomic E-state index is 10.8. The molecule has 0 radical (unpaired) electrons. The maximum absolute atomic E-state index is 10.8. The number of hydrogen-bond donors (Lipinski definition) is 1. The van der Waals surface area contributed by atoms with Crippen molar-refractivity contribution in [1.82, 2.24) is 5.32 Å². The smallest absolute Gasteiger partial charge is 0.227 e. The average Bonchev–Trinajstić information content (AvgIpc) is 1.89. The fourth-order valence-electron chi connectivity index (χ4n) is 0.706. The van der Waals surface area contributed by atoms with E-state index in [1.54, 1.807) is 0 Å². The highest BCUT2D eigenvalue weighted by Gasteiger charge is 2.25. The summed E-state index contributed by atoms with van der Waals surface area (Å²) in [6.07, 6.45) is 0. The molecule has 0 unspecified atom stereocenters. The summed E-state index contributed by atoms with van der Waals surface area (Å²) in [7, 11) is 0. The highest BCUT2D eigenvalue weighted by molar-refractivity contribution is 5.79. The Balaban J connectivity index is 0.000000461. The topological polar surface area (TPSA) is 38.3 Å². The van der Waals surface area contributed by atoms with E-state index in [0.29, 0.717) is 13.2 Å². The molecule has 3 nitrogen and oxygen atoms in total. The number of hydrogen-bond acceptors (Lipinski definition) is 2. The number of rotatable bonds is 2. The molecule has 1 fully saturated rings. The first-order chi connectivity index (χ1) is 5.34. The molecule has 0 atom stereocenters. The van der Waals surface area contributed by atoms with E-state index in [1.165, 1.54) is 0 Å². The van der Waals surface area contributed by atoms with Crippen LogP contribution in [0.1, 0.15) is 20.8 Å². The molecule has 1 heterocycles. The molecular weight excluding hydrogens is 142 g/mol. The van der Waals surface area contributed by atoms with E-state index in [2.05, 4.69) is 5.32 Å². The van der Waals surface area contributed by atoms with Gasteiger partial charge in [0, 0.05) is 6.54 Å². The van der Waals surface area contributed by atoms with Gasteiger partial charge in [-0.3, -0.25) is 4.79 Å². The number of nitrogens with one attached hydrogen (secondary N) is 1. The van der Waals surface area contributed by atoms with Gasteiger partial charge >= 0.3 is 0 Å². The summed E-state index contributed by atoms with van der Waals surface area (Å²) in [5.41, 5.74) is 0. The summed E-state index contributed by atoms with van der Waals surface area (Å²) in [5, 5.41) is 2.73. The quantitative estimate of drug-likeness (QED) is 0.647. The maximum Gasteiger partial charge on any atom is 0.227 e. The molecule has 0 saturated carbocycles. The molecule has 0 aromatic rings. The van der Waals surface area contributed by atoms with Crippen LogP contribution in [-0.2, 0) is 9.53 Å². The van der Waals surface area contributed by atoms with Gasteiger partial charge in [0.15, 0.2) is 0 Å². The lowest BCUT2D eigenvalue weighted by molar-refractivity contribution is -0.138. The number of amides is 1. The van der Waals surface area contributed by atoms with Gasteiger partial charge in [-0.25, -0.2) is 0 Å². The lowest BCUT2D eigenvalue weighted by Gasteiger charge is -2.24. The molecule has 1 aliphatic heterocycles. The molecule has 1 amide bonds. The lowest BCUT2D eigenvalue weighted by atomic mass is 10.1. The number of ether oxygens (including phenoxy) is 1. The Bertz CT molecular complexity index is 111. The van der Waals surface area contributed by atoms with Gasteiger partial charge in [0.25, 0.3) is 0 Å². The fraction of sp³-hybridized carbons (Fsp3) is 0.875. The first-order valence-corrected chi connectivity index (χ1v) is 4.20. The van der Waals surface area contributed by atoms with Crippen LogP contribution in [-0.4, -0.2) is 25.7 Å². The van der Waals surface area contributed by atoms with E-state index < -0.39 is 0 Å². The monoisotopic (exact) mass is 159 g/mol. The molecule has 11 heavy (non-hydrogen) atoms. The normalized spacial score (nSPS) is 15.9. The van der Waals surface area contributed by atoms with E-state index in [1.807, 2.05) is 20.8 Å². The molecular formula is C8H17NO2. The summed E-state index contributed by atoms with van der Waals surface area (Å²) in [6, 6.07) is 0. The molecule has 0 aliphatic carbocycles. The minimum Gasteiger partial charge on any atom is -0.380 e. The summed E-state index contributed by atoms with van der Waals surface area (Å²) in [5.74, 6) is 0.258. The van der Waals surface area contributed by atoms with Gasteiger partial charge in [-0.2, -0.15) is 0 Å². The standard InChI is InChI=1S/C6H11NO2.C2H6/c1-2-7-6(8)5-3-9-4-5;1-2/h5H,2-4H2,1H3,(H,7,8);1-2H3. The summed E-state index contributed by atoms with van der Waals surface area (Å²) >= 11 is 0. The van der Waals surface area contributed by atoms with Crippen LogP contribution >= 0.6 is 0 Å². The van der Waals surface area contributed by atoms with Crippen molar-refractivity contribution in [3.05, 3.63) is 0 Å². The van der Waals surface area contributed by atoms with E-state index in [4.69, 9.17) is 4.74 Å². The number of carbonyl (C=O) groups excluding carboxylic acids is 1. The van der Waals surface area contributed by atoms with Gasteiger partial charge in [0.05, 0.1) is 19.1 Å². The second-order valence-corrected chi connectivity index (χ2v) is 2.13. The molecule has 1 aliphatic rings. The van der Waals surface area contributed by atoms with Crippen molar-refractivity contribution in [1.29, 1.82) is 0 Å². The highest BCUT2D eigenvalue weighted by Crippen LogP contribution is 2.08. The molecule has 1 saturated heterocycles. The Hall–Kier alpha value is -0.570. The average molecular weight is 159 g/mol. The van der Waals surface area contributed by atoms with E-state index >= 15 is 0 Å². The van der Waals surface area contributed by atoms with Gasteiger partial charge in [-0.1, -0.05) is 13.8 Å². The summed E-state index contributed by atoms with van der Waals surface area (Å²) in [4.78, 5) is 10.8. The van der Waals surface area contributed by atoms with Crippen molar-refractivity contribution < 1.29 is 9.53 Å². The zero-order valence-corrected chi connectivity index (χ0v) is 7.52. The van der Waals surface area contributed by atoms with Crippen molar-refractivity contribution >= 4 is 5.91 Å². The van der Waals surface area contributed by atoms with Crippen molar-refractivity contribution in [3.8, 4) is 0 Å². The van der Waals surface area contributed by atoms with Gasteiger partial charge in [-0.05, 0) is 6.92 Å². The Morgan fingerprint density at radius 2 is 2.09 bits per heavy atom. The molecule has 1 N–H and O–H groups in total. The third-order valence-electron chi connectivity index (χ3n) is 1.36. The first kappa shape index (κ1) is 10.4. The predicted molar refractivity (Wildman–Crippen MR) is 44.3 cm³/mol. The highest BCUT2D eigenvalue weighted by atomic mass is 16.5. The minimum atomic E-state index is 0.128. The Kier molecular flexibility index (Phi) is 5.84. The second kappa shape index (κ2) is 6.16. The van der Waals surface area contributed by atoms with Gasteiger partial charge in [0.2, 0.25) is 5.91 Å². The van der Waals surface area contributed by atoms with Gasteiger partial charge < -0.3 is 10.1 Å². The first-order valence-electron chi connectivity index (χ1n) is 4.20. The van der Waals surface area contributed by atoms with Crippen LogP contribution in [0.3, 0.4) is 0 Å². The zero-order chi connectivity index (χ0) is 8.69. The van der Waals surface area contributed by atoms with E-state index in [0.717, 1.165) is 6.54 Å². The van der Waals surface area contributed by atoms with Crippen LogP contribution in [0.4, 0.5) is 0 Å². The van der Waals surface area contributed by atoms with Crippen LogP contribution in [0.2, 0.25) is 0 Å². The Labute approximate surface area is 68.1 Å². The van der Waals surface area contributed by atoms with Crippen LogP contribution < -0.4 is 5.32 Å². The lowest BCUT2D eigenvalue weighted by Crippen LogP contribution is -2.42. The third kappa shape index (κ3) is 3.37. The zero-order valence-electron chi connectivity index (χ0n) is 7.52. The van der Waals surface area contributed by atoms with Crippen LogP contribution in [0.5, 0.6) is 0 Å². The fourth-order valence-corrected chi connectivity index (χ4v) is 0.706. The van der Waals surface area contributed by atoms with E-state index in [-0.39, 0.29) is 11.8 Å². The molecule has 66 valence electrons. The molecule has 0 aromatic carbocycles. The largest absolute Gasteiger partial charge is 0.380 e. The summed E-state index contributed by atoms with van der Waals surface area (Å²) < 4.78 is 4.84. The third-order valence-corrected chi connectivity index (χ3v) is 1.36. The van der Waals surface area contributed by atoms with Crippen molar-refractivity contribution in [2.24, 2.45) is 5.92 Å². The number of carbonyl (C=O) groups is 1. The SMILES string of the molecule is CC.CCNC(=O)C1COC1. The van der Waals surface area contributed by atoms with Gasteiger partial charge in [0.1, 0.15) is 0 Å². The van der Waals surface area contributed by atoms with Gasteiger partial charge in [-0.15, -0.1) is 0 Å². The molecule has 3 heteroatoms. The van der Waals surface area contributed by atoms with Crippen LogP contribution in [0, 0.1) is 5.92 Å². The van der Waals surface area contributed by atoms with Crippen LogP contribution in [0.25, 0.3) is 0 Å². The molecule has 0 spiro atoms. The minimum absolute atomic E-state index is 0.128. The molecule has 1 rings (SSSR count). The van der Waals surface area contributed by atoms with Crippen molar-refractivity contribution in [2.75, 3.05) is 19.8 Å². The molecule has 0 bridgehead atoms. The second-order valence-electron chi connectivity index (χ2n) is 2.13. The van der Waals surface area contributed by atoms with Crippen molar-refractivity contribution in [3.63, 3.8) is 0 Å². The van der Waals surface area contributed by atoms with Crippen molar-refractivity contribution in [2.45, 2.75) is 20.8 Å². The van der Waals surface area contributed by atoms with E-state index in [9.17, 15) is 4.79 Å². The Morgan fingerprint density at radius 1 is 1.55 bits per heavy atom.